The Bertz CT molecular complexity index is 487. The van der Waals surface area contributed by atoms with Crippen LogP contribution < -0.4 is 15.5 Å². The predicted molar refractivity (Wildman–Crippen MR) is 105 cm³/mol. The van der Waals surface area contributed by atoms with E-state index in [2.05, 4.69) is 15.6 Å². The molecule has 0 aliphatic rings. The molecule has 0 spiro atoms. The number of guanidine groups is 1. The molecule has 138 valence electrons. The Hall–Kier alpha value is -1.19. The summed E-state index contributed by atoms with van der Waals surface area (Å²) < 4.78 is 36.4. The van der Waals surface area contributed by atoms with Crippen LogP contribution in [0.5, 0.6) is 0 Å². The number of hydrogen-bond acceptors (Lipinski definition) is 2. The van der Waals surface area contributed by atoms with Crippen molar-refractivity contribution in [3.05, 3.63) is 29.8 Å². The van der Waals surface area contributed by atoms with E-state index in [9.17, 15) is 13.2 Å². The van der Waals surface area contributed by atoms with E-state index in [0.29, 0.717) is 19.0 Å². The summed E-state index contributed by atoms with van der Waals surface area (Å²) >= 11 is 0. The zero-order valence-corrected chi connectivity index (χ0v) is 16.6. The van der Waals surface area contributed by atoms with Crippen LogP contribution in [0.3, 0.4) is 0 Å². The lowest BCUT2D eigenvalue weighted by Gasteiger charge is -2.14. The lowest BCUT2D eigenvalue weighted by atomic mass is 10.1. The van der Waals surface area contributed by atoms with Gasteiger partial charge in [-0.05, 0) is 31.0 Å². The van der Waals surface area contributed by atoms with Crippen molar-refractivity contribution in [1.29, 1.82) is 0 Å². The monoisotopic (exact) mass is 458 g/mol. The van der Waals surface area contributed by atoms with Crippen LogP contribution in [0.15, 0.2) is 29.3 Å². The minimum absolute atomic E-state index is 0. The van der Waals surface area contributed by atoms with Gasteiger partial charge in [-0.25, -0.2) is 0 Å². The molecule has 1 aromatic rings. The number of nitrogens with one attached hydrogen (secondary N) is 2. The van der Waals surface area contributed by atoms with Crippen LogP contribution in [0.25, 0.3) is 0 Å². The Morgan fingerprint density at radius 2 is 1.75 bits per heavy atom. The van der Waals surface area contributed by atoms with Crippen molar-refractivity contribution in [3.63, 3.8) is 0 Å². The summed E-state index contributed by atoms with van der Waals surface area (Å²) in [4.78, 5) is 5.96. The molecule has 0 saturated carbocycles. The average molecular weight is 458 g/mol. The van der Waals surface area contributed by atoms with E-state index >= 15 is 0 Å². The van der Waals surface area contributed by atoms with E-state index in [-0.39, 0.29) is 30.5 Å². The summed E-state index contributed by atoms with van der Waals surface area (Å²) in [5, 5.41) is 6.00. The van der Waals surface area contributed by atoms with Crippen LogP contribution >= 0.6 is 24.0 Å². The molecular weight excluding hydrogens is 432 g/mol. The highest BCUT2D eigenvalue weighted by molar-refractivity contribution is 14.0. The van der Waals surface area contributed by atoms with Crippen molar-refractivity contribution < 1.29 is 13.2 Å². The van der Waals surface area contributed by atoms with Gasteiger partial charge in [-0.2, -0.15) is 13.2 Å². The van der Waals surface area contributed by atoms with Crippen molar-refractivity contribution in [2.24, 2.45) is 4.99 Å². The molecule has 0 radical (unpaired) electrons. The Balaban J connectivity index is 0.00000529. The number of benzene rings is 1. The molecule has 0 fully saturated rings. The van der Waals surface area contributed by atoms with Gasteiger partial charge in [-0.3, -0.25) is 4.99 Å². The zero-order chi connectivity index (χ0) is 17.3. The first-order chi connectivity index (χ1) is 10.8. The summed E-state index contributed by atoms with van der Waals surface area (Å²) in [5.74, 6) is 0.418. The van der Waals surface area contributed by atoms with Crippen LogP contribution in [0, 0.1) is 0 Å². The van der Waals surface area contributed by atoms with Gasteiger partial charge in [0.25, 0.3) is 0 Å². The van der Waals surface area contributed by atoms with Crippen LogP contribution in [0.2, 0.25) is 0 Å². The molecule has 1 aromatic carbocycles. The highest BCUT2D eigenvalue weighted by Crippen LogP contribution is 2.18. The lowest BCUT2D eigenvalue weighted by Crippen LogP contribution is -2.38. The average Bonchev–Trinajstić information content (AvgIpc) is 2.46. The number of anilines is 1. The molecule has 2 N–H and O–H groups in total. The summed E-state index contributed by atoms with van der Waals surface area (Å²) in [7, 11) is 3.97. The van der Waals surface area contributed by atoms with Gasteiger partial charge in [0.05, 0.1) is 13.0 Å². The van der Waals surface area contributed by atoms with Crippen molar-refractivity contribution in [2.45, 2.75) is 25.9 Å². The van der Waals surface area contributed by atoms with E-state index in [1.807, 2.05) is 50.2 Å². The van der Waals surface area contributed by atoms with E-state index in [4.69, 9.17) is 0 Å². The summed E-state index contributed by atoms with van der Waals surface area (Å²) in [6.07, 6.45) is -4.30. The first kappa shape index (κ1) is 22.8. The third-order valence-corrected chi connectivity index (χ3v) is 3.17. The minimum atomic E-state index is -4.17. The first-order valence-electron chi connectivity index (χ1n) is 7.67. The fourth-order valence-electron chi connectivity index (χ4n) is 1.92. The minimum Gasteiger partial charge on any atom is -0.378 e. The van der Waals surface area contributed by atoms with E-state index in [1.54, 1.807) is 0 Å². The number of nitrogens with zero attached hydrogens (tertiary/aromatic N) is 2. The maximum Gasteiger partial charge on any atom is 0.390 e. The van der Waals surface area contributed by atoms with Gasteiger partial charge in [0.1, 0.15) is 0 Å². The highest BCUT2D eigenvalue weighted by atomic mass is 127. The van der Waals surface area contributed by atoms with Gasteiger partial charge in [0, 0.05) is 32.9 Å². The second kappa shape index (κ2) is 11.4. The van der Waals surface area contributed by atoms with Crippen LogP contribution in [0.1, 0.15) is 18.9 Å². The van der Waals surface area contributed by atoms with Gasteiger partial charge in [-0.1, -0.05) is 12.1 Å². The molecule has 8 heteroatoms. The maximum absolute atomic E-state index is 12.1. The second-order valence-electron chi connectivity index (χ2n) is 5.36. The number of hydrogen-bond donors (Lipinski definition) is 2. The van der Waals surface area contributed by atoms with E-state index in [1.165, 1.54) is 0 Å². The Morgan fingerprint density at radius 1 is 1.12 bits per heavy atom. The van der Waals surface area contributed by atoms with E-state index in [0.717, 1.165) is 17.7 Å². The van der Waals surface area contributed by atoms with Crippen LogP contribution in [-0.4, -0.2) is 45.9 Å². The van der Waals surface area contributed by atoms with Gasteiger partial charge >= 0.3 is 6.18 Å². The molecule has 0 unspecified atom stereocenters. The van der Waals surface area contributed by atoms with Gasteiger partial charge in [-0.15, -0.1) is 24.0 Å². The topological polar surface area (TPSA) is 39.7 Å². The molecule has 0 amide bonds. The SMILES string of the molecule is CCNC(=NCCC(F)(F)F)NCCc1ccc(N(C)C)cc1.I. The smallest absolute Gasteiger partial charge is 0.378 e. The molecule has 0 aliphatic carbocycles. The molecule has 24 heavy (non-hydrogen) atoms. The first-order valence-corrected chi connectivity index (χ1v) is 7.67. The molecule has 0 atom stereocenters. The van der Waals surface area contributed by atoms with Crippen molar-refractivity contribution in [1.82, 2.24) is 10.6 Å². The Kier molecular flexibility index (Phi) is 10.8. The second-order valence-corrected chi connectivity index (χ2v) is 5.36. The van der Waals surface area contributed by atoms with Crippen LogP contribution in [0.4, 0.5) is 18.9 Å². The van der Waals surface area contributed by atoms with Crippen molar-refractivity contribution >= 4 is 35.6 Å². The summed E-state index contributed by atoms with van der Waals surface area (Å²) in [6.45, 7) is 2.83. The molecule has 1 rings (SSSR count). The van der Waals surface area contributed by atoms with E-state index < -0.39 is 12.6 Å². The molecule has 0 aliphatic heterocycles. The van der Waals surface area contributed by atoms with Gasteiger partial charge < -0.3 is 15.5 Å². The zero-order valence-electron chi connectivity index (χ0n) is 14.3. The molecule has 0 saturated heterocycles. The lowest BCUT2D eigenvalue weighted by molar-refractivity contribution is -0.132. The largest absolute Gasteiger partial charge is 0.390 e. The number of halogens is 4. The standard InChI is InChI=1S/C16H25F3N4.HI/c1-4-20-15(22-12-10-16(17,18)19)21-11-9-13-5-7-14(8-6-13)23(2)3;/h5-8H,4,9-12H2,1-3H3,(H2,20,21,22);1H. The van der Waals surface area contributed by atoms with Crippen LogP contribution in [-0.2, 0) is 6.42 Å². The van der Waals surface area contributed by atoms with Gasteiger partial charge in [0.15, 0.2) is 5.96 Å². The molecule has 4 nitrogen and oxygen atoms in total. The quantitative estimate of drug-likeness (QED) is 0.374. The van der Waals surface area contributed by atoms with Crippen molar-refractivity contribution in [2.75, 3.05) is 38.6 Å². The fraction of sp³-hybridized carbons (Fsp3) is 0.562. The predicted octanol–water partition coefficient (Wildman–Crippen LogP) is 3.42. The third-order valence-electron chi connectivity index (χ3n) is 3.17. The number of alkyl halides is 3. The highest BCUT2D eigenvalue weighted by Gasteiger charge is 2.26. The van der Waals surface area contributed by atoms with Crippen molar-refractivity contribution in [3.8, 4) is 0 Å². The normalized spacial score (nSPS) is 11.7. The molecule has 0 bridgehead atoms. The summed E-state index contributed by atoms with van der Waals surface area (Å²) in [6, 6.07) is 8.17. The fourth-order valence-corrected chi connectivity index (χ4v) is 1.92. The molecule has 0 aromatic heterocycles. The Labute approximate surface area is 158 Å². The number of rotatable bonds is 7. The third kappa shape index (κ3) is 9.84. The Morgan fingerprint density at radius 3 is 2.25 bits per heavy atom. The molecule has 0 heterocycles. The number of aliphatic imine (C=N–C) groups is 1. The van der Waals surface area contributed by atoms with Gasteiger partial charge in [0.2, 0.25) is 0 Å². The molecular formula is C16H26F3IN4. The maximum atomic E-state index is 12.1. The summed E-state index contributed by atoms with van der Waals surface area (Å²) in [5.41, 5.74) is 2.29.